The Morgan fingerprint density at radius 2 is 0.473 bits per heavy atom. The molecule has 0 saturated heterocycles. The van der Waals surface area contributed by atoms with E-state index in [-0.39, 0.29) is 0 Å². The molecular formula is C87H55N5Si. The maximum Gasteiger partial charge on any atom is 0.240 e. The van der Waals surface area contributed by atoms with Crippen molar-refractivity contribution in [3.8, 4) is 112 Å². The van der Waals surface area contributed by atoms with Crippen LogP contribution in [0.15, 0.2) is 334 Å². The Bertz CT molecular complexity index is 5510. The van der Waals surface area contributed by atoms with E-state index in [4.69, 9.17) is 15.0 Å². The highest BCUT2D eigenvalue weighted by atomic mass is 28.3. The van der Waals surface area contributed by atoms with Gasteiger partial charge < -0.3 is 0 Å². The third-order valence-corrected chi connectivity index (χ3v) is 24.5. The smallest absolute Gasteiger partial charge is 0.240 e. The van der Waals surface area contributed by atoms with E-state index in [0.717, 1.165) is 71.4 Å². The largest absolute Gasteiger partial charge is 0.278 e. The standard InChI is InChI=1S/C87H55N5Si/c1-4-28-57(29-5-1)93(58-30-6-2-7-31-58,59-32-8-3-9-33-59)60-34-26-27-56(51-60)85-88-86(91-81-49-24-22-47-73(81)79-52-75-69-43-18-14-39-65(69)61-35-10-12-37-63(61)67-41-16-20-45-71(67)77(75)54-83(79)91)90-87(89-85)92-82-50-25-23-48-74(82)80-53-76-70-44-19-15-40-66(70)62-36-11-13-38-64(62)68-42-17-21-46-72(68)78(76)55-84(80)92/h1-55H. The van der Waals surface area contributed by atoms with Gasteiger partial charge in [0.15, 0.2) is 13.9 Å². The number of nitrogens with zero attached hydrogens (tertiary/aromatic N) is 5. The number of rotatable bonds is 7. The molecule has 2 aliphatic rings. The van der Waals surface area contributed by atoms with Crippen LogP contribution in [0.1, 0.15) is 0 Å². The first kappa shape index (κ1) is 52.8. The van der Waals surface area contributed by atoms with Crippen molar-refractivity contribution >= 4 is 72.4 Å². The quantitative estimate of drug-likeness (QED) is 0.118. The summed E-state index contributed by atoms with van der Waals surface area (Å²) in [5.41, 5.74) is 23.8. The molecule has 19 rings (SSSR count). The Kier molecular flexibility index (Phi) is 11.9. The molecule has 6 heteroatoms. The van der Waals surface area contributed by atoms with Crippen molar-refractivity contribution in [1.29, 1.82) is 0 Å². The van der Waals surface area contributed by atoms with Gasteiger partial charge in [0, 0.05) is 27.1 Å². The maximum absolute atomic E-state index is 5.88. The fourth-order valence-electron chi connectivity index (χ4n) is 15.7. The number of fused-ring (bicyclic) bond motifs is 22. The SMILES string of the molecule is c1ccc([Si](c2ccccc2)(c2ccccc2)c2cccc(-c3nc(-n4c5ccccc5c5cc6c(cc54)-c4ccccc4-c4ccccc4-c4ccccc4-6)nc(-n4c5ccccc5c5cc6c(cc54)-c4ccccc4-c4ccccc4-c4ccccc4-6)n3)c2)cc1. The van der Waals surface area contributed by atoms with Crippen molar-refractivity contribution in [3.63, 3.8) is 0 Å². The minimum Gasteiger partial charge on any atom is -0.278 e. The van der Waals surface area contributed by atoms with Crippen LogP contribution in [-0.2, 0) is 0 Å². The molecule has 432 valence electrons. The monoisotopic (exact) mass is 1200 g/mol. The van der Waals surface area contributed by atoms with Crippen molar-refractivity contribution in [2.24, 2.45) is 0 Å². The van der Waals surface area contributed by atoms with Gasteiger partial charge >= 0.3 is 0 Å². The molecule has 0 radical (unpaired) electrons. The maximum atomic E-state index is 5.88. The molecule has 3 aromatic heterocycles. The van der Waals surface area contributed by atoms with Crippen LogP contribution in [0, 0.1) is 0 Å². The van der Waals surface area contributed by atoms with Gasteiger partial charge in [-0.05, 0) is 146 Å². The topological polar surface area (TPSA) is 48.5 Å². The van der Waals surface area contributed by atoms with Gasteiger partial charge in [-0.25, -0.2) is 0 Å². The van der Waals surface area contributed by atoms with Gasteiger partial charge in [-0.3, -0.25) is 9.13 Å². The third kappa shape index (κ3) is 8.02. The first-order valence-corrected chi connectivity index (χ1v) is 33.9. The van der Waals surface area contributed by atoms with Gasteiger partial charge in [0.25, 0.3) is 0 Å². The molecule has 0 bridgehead atoms. The Hall–Kier alpha value is -12.1. The van der Waals surface area contributed by atoms with E-state index >= 15 is 0 Å². The number of hydrogen-bond acceptors (Lipinski definition) is 3. The van der Waals surface area contributed by atoms with Crippen LogP contribution in [0.4, 0.5) is 0 Å². The highest BCUT2D eigenvalue weighted by molar-refractivity contribution is 7.20. The summed E-state index contributed by atoms with van der Waals surface area (Å²) in [5.74, 6) is 1.60. The predicted molar refractivity (Wildman–Crippen MR) is 388 cm³/mol. The highest BCUT2D eigenvalue weighted by Gasteiger charge is 2.42. The average Bonchev–Trinajstić information content (AvgIpc) is 1.68. The van der Waals surface area contributed by atoms with Gasteiger partial charge in [0.1, 0.15) is 0 Å². The first-order chi connectivity index (χ1) is 46.2. The normalized spacial score (nSPS) is 12.1. The van der Waals surface area contributed by atoms with Crippen molar-refractivity contribution in [2.45, 2.75) is 0 Å². The summed E-state index contributed by atoms with van der Waals surface area (Å²) < 4.78 is 4.60. The molecule has 5 nitrogen and oxygen atoms in total. The minimum atomic E-state index is -3.02. The molecule has 17 aromatic rings. The molecule has 0 spiro atoms. The van der Waals surface area contributed by atoms with Crippen molar-refractivity contribution in [1.82, 2.24) is 24.1 Å². The average molecular weight is 1200 g/mol. The highest BCUT2D eigenvalue weighted by Crippen LogP contribution is 2.52. The van der Waals surface area contributed by atoms with Crippen LogP contribution < -0.4 is 20.7 Å². The molecular weight excluding hydrogens is 1140 g/mol. The van der Waals surface area contributed by atoms with E-state index in [2.05, 4.69) is 343 Å². The van der Waals surface area contributed by atoms with E-state index in [1.807, 2.05) is 0 Å². The Labute approximate surface area is 539 Å². The molecule has 3 heterocycles. The summed E-state index contributed by atoms with van der Waals surface area (Å²) in [6.07, 6.45) is 0. The molecule has 0 atom stereocenters. The molecule has 2 aliphatic carbocycles. The van der Waals surface area contributed by atoms with E-state index in [0.29, 0.717) is 17.7 Å². The van der Waals surface area contributed by atoms with Gasteiger partial charge in [0.05, 0.1) is 22.1 Å². The Balaban J connectivity index is 0.923. The zero-order valence-electron chi connectivity index (χ0n) is 50.5. The summed E-state index contributed by atoms with van der Waals surface area (Å²) in [7, 11) is -3.02. The second-order valence-electron chi connectivity index (χ2n) is 24.5. The van der Waals surface area contributed by atoms with Crippen LogP contribution in [0.25, 0.3) is 156 Å². The number of aromatic nitrogens is 5. The van der Waals surface area contributed by atoms with Gasteiger partial charge in [-0.1, -0.05) is 297 Å². The number of para-hydroxylation sites is 2. The fourth-order valence-corrected chi connectivity index (χ4v) is 20.5. The zero-order valence-corrected chi connectivity index (χ0v) is 51.5. The van der Waals surface area contributed by atoms with Gasteiger partial charge in [0.2, 0.25) is 11.9 Å². The second-order valence-corrected chi connectivity index (χ2v) is 28.3. The van der Waals surface area contributed by atoms with Crippen LogP contribution in [0.2, 0.25) is 0 Å². The van der Waals surface area contributed by atoms with Gasteiger partial charge in [-0.2, -0.15) is 15.0 Å². The van der Waals surface area contributed by atoms with Crippen molar-refractivity contribution in [2.75, 3.05) is 0 Å². The van der Waals surface area contributed by atoms with Crippen LogP contribution in [0.5, 0.6) is 0 Å². The molecule has 0 saturated carbocycles. The number of hydrogen-bond donors (Lipinski definition) is 0. The van der Waals surface area contributed by atoms with Gasteiger partial charge in [-0.15, -0.1) is 0 Å². The minimum absolute atomic E-state index is 0.516. The second kappa shape index (κ2) is 21.0. The van der Waals surface area contributed by atoms with E-state index < -0.39 is 8.07 Å². The lowest BCUT2D eigenvalue weighted by Crippen LogP contribution is -2.74. The Morgan fingerprint density at radius 1 is 0.194 bits per heavy atom. The van der Waals surface area contributed by atoms with Crippen molar-refractivity contribution in [3.05, 3.63) is 334 Å². The summed E-state index contributed by atoms with van der Waals surface area (Å²) in [5, 5.41) is 9.52. The third-order valence-electron chi connectivity index (χ3n) is 19.7. The lowest BCUT2D eigenvalue weighted by molar-refractivity contribution is 0.893. The van der Waals surface area contributed by atoms with E-state index in [1.54, 1.807) is 0 Å². The molecule has 14 aromatic carbocycles. The summed E-state index contributed by atoms with van der Waals surface area (Å²) >= 11 is 0. The lowest BCUT2D eigenvalue weighted by atomic mass is 9.80. The number of benzene rings is 14. The fraction of sp³-hybridized carbons (Fsp3) is 0. The van der Waals surface area contributed by atoms with E-state index in [9.17, 15) is 0 Å². The molecule has 93 heavy (non-hydrogen) atoms. The zero-order chi connectivity index (χ0) is 61.1. The summed E-state index contributed by atoms with van der Waals surface area (Å²) in [6.45, 7) is 0. The van der Waals surface area contributed by atoms with Crippen LogP contribution in [0.3, 0.4) is 0 Å². The Morgan fingerprint density at radius 3 is 0.817 bits per heavy atom. The summed E-state index contributed by atoms with van der Waals surface area (Å²) in [6, 6.07) is 123. The van der Waals surface area contributed by atoms with Crippen LogP contribution in [-0.4, -0.2) is 32.2 Å². The molecule has 0 fully saturated rings. The lowest BCUT2D eigenvalue weighted by Gasteiger charge is -2.34. The summed E-state index contributed by atoms with van der Waals surface area (Å²) in [4.78, 5) is 17.5. The molecule has 0 unspecified atom stereocenters. The van der Waals surface area contributed by atoms with Crippen molar-refractivity contribution < 1.29 is 0 Å². The molecule has 0 aliphatic heterocycles. The molecule has 0 N–H and O–H groups in total. The first-order valence-electron chi connectivity index (χ1n) is 31.9. The predicted octanol–water partition coefficient (Wildman–Crippen LogP) is 19.1. The molecule has 0 amide bonds. The van der Waals surface area contributed by atoms with E-state index in [1.165, 1.54) is 87.5 Å². The van der Waals surface area contributed by atoms with Crippen LogP contribution >= 0.6 is 0 Å².